The topological polar surface area (TPSA) is 68.3 Å². The fourth-order valence-electron chi connectivity index (χ4n) is 7.15. The minimum atomic E-state index is -0.708. The summed E-state index contributed by atoms with van der Waals surface area (Å²) in [6.07, 6.45) is 0. The van der Waals surface area contributed by atoms with Crippen LogP contribution in [0.15, 0.2) is 154 Å². The van der Waals surface area contributed by atoms with E-state index in [4.69, 9.17) is 0 Å². The highest BCUT2D eigenvalue weighted by molar-refractivity contribution is 7.97. The van der Waals surface area contributed by atoms with Crippen molar-refractivity contribution < 1.29 is 19.2 Å². The first-order valence-electron chi connectivity index (χ1n) is 16.5. The molecule has 1 aliphatic carbocycles. The maximum Gasteiger partial charge on any atom is 0.167 e. The Kier molecular flexibility index (Phi) is 8.54. The van der Waals surface area contributed by atoms with Gasteiger partial charge in [0.25, 0.3) is 0 Å². The molecule has 0 saturated carbocycles. The first-order valence-corrected chi connectivity index (χ1v) is 17.8. The smallest absolute Gasteiger partial charge is 0.167 e. The number of hydrogen-bond donors (Lipinski definition) is 0. The normalized spacial score (nSPS) is 12.7. The molecule has 1 aliphatic rings. The van der Waals surface area contributed by atoms with Gasteiger partial charge in [0.05, 0.1) is 16.3 Å². The Bertz CT molecular complexity index is 2180. The molecule has 0 aromatic heterocycles. The predicted octanol–water partition coefficient (Wildman–Crippen LogP) is 9.96. The van der Waals surface area contributed by atoms with Crippen LogP contribution < -0.4 is 0 Å². The van der Waals surface area contributed by atoms with Gasteiger partial charge >= 0.3 is 0 Å². The highest BCUT2D eigenvalue weighted by Crippen LogP contribution is 2.56. The third-order valence-corrected chi connectivity index (χ3v) is 11.9. The van der Waals surface area contributed by atoms with E-state index in [2.05, 4.69) is 42.5 Å². The lowest BCUT2D eigenvalue weighted by atomic mass is 9.67. The van der Waals surface area contributed by atoms with E-state index in [1.54, 1.807) is 27.7 Å². The highest BCUT2D eigenvalue weighted by atomic mass is 32.2. The summed E-state index contributed by atoms with van der Waals surface area (Å²) in [6.45, 7) is 6.29. The molecule has 0 bridgehead atoms. The van der Waals surface area contributed by atoms with Gasteiger partial charge in [-0.05, 0) is 116 Å². The van der Waals surface area contributed by atoms with E-state index >= 15 is 0 Å². The second-order valence-electron chi connectivity index (χ2n) is 12.7. The summed E-state index contributed by atoms with van der Waals surface area (Å²) in [6, 6.07) is 46.5. The van der Waals surface area contributed by atoms with Gasteiger partial charge in [-0.25, -0.2) is 0 Å². The molecule has 0 N–H and O–H groups in total. The number of ketones is 4. The second kappa shape index (κ2) is 13.0. The molecular weight excluding hydrogens is 637 g/mol. The van der Waals surface area contributed by atoms with Gasteiger partial charge in [-0.3, -0.25) is 19.2 Å². The number of carbonyl (C=O) groups is 4. The van der Waals surface area contributed by atoms with Gasteiger partial charge in [0.1, 0.15) is 0 Å². The number of carbonyl (C=O) groups excluding carboxylic acids is 4. The molecule has 0 amide bonds. The molecule has 0 fully saturated rings. The van der Waals surface area contributed by atoms with Crippen molar-refractivity contribution in [1.29, 1.82) is 0 Å². The SMILES string of the molecule is CC(=O)c1ccc([S+](c2ccc(C(C)=O)cc2)c2ccc3c(c2)-c2ccccc2C3(c2ccc(C(C)=O)cc2)c2ccc(C(C)=O)cc2)cc1. The average molecular weight is 672 g/mol. The van der Waals surface area contributed by atoms with E-state index < -0.39 is 16.3 Å². The summed E-state index contributed by atoms with van der Waals surface area (Å²) in [7, 11) is -0.555. The van der Waals surface area contributed by atoms with Crippen LogP contribution in [0.3, 0.4) is 0 Å². The van der Waals surface area contributed by atoms with Gasteiger partial charge in [-0.1, -0.05) is 78.9 Å². The monoisotopic (exact) mass is 671 g/mol. The van der Waals surface area contributed by atoms with Crippen LogP contribution in [0, 0.1) is 0 Å². The van der Waals surface area contributed by atoms with E-state index in [1.165, 1.54) is 0 Å². The predicted molar refractivity (Wildman–Crippen MR) is 199 cm³/mol. The fourth-order valence-corrected chi connectivity index (χ4v) is 9.22. The molecule has 0 heterocycles. The molecule has 0 atom stereocenters. The Morgan fingerprint density at radius 3 is 1.18 bits per heavy atom. The Hall–Kier alpha value is -5.65. The van der Waals surface area contributed by atoms with Gasteiger partial charge in [-0.2, -0.15) is 0 Å². The van der Waals surface area contributed by atoms with Crippen molar-refractivity contribution in [1.82, 2.24) is 0 Å². The van der Waals surface area contributed by atoms with Gasteiger partial charge in [0.15, 0.2) is 37.8 Å². The molecule has 0 spiro atoms. The van der Waals surface area contributed by atoms with Crippen LogP contribution in [0.25, 0.3) is 11.1 Å². The first kappa shape index (κ1) is 32.9. The minimum absolute atomic E-state index is 0.00739. The van der Waals surface area contributed by atoms with E-state index in [0.29, 0.717) is 22.3 Å². The molecule has 0 unspecified atom stereocenters. The number of hydrogen-bond acceptors (Lipinski definition) is 4. The summed E-state index contributed by atoms with van der Waals surface area (Å²) in [5.74, 6) is 0.0433. The quantitative estimate of drug-likeness (QED) is 0.113. The molecule has 7 rings (SSSR count). The molecule has 0 aliphatic heterocycles. The molecule has 50 heavy (non-hydrogen) atoms. The van der Waals surface area contributed by atoms with Gasteiger partial charge in [0.2, 0.25) is 0 Å². The zero-order chi connectivity index (χ0) is 35.2. The largest absolute Gasteiger partial charge is 0.295 e. The molecular formula is C45H35O4S+. The molecule has 6 aromatic carbocycles. The number of benzene rings is 6. The van der Waals surface area contributed by atoms with E-state index in [0.717, 1.165) is 48.1 Å². The standard InChI is InChI=1S/C45H35O4S/c1-28(46)32-9-17-36(18-10-32)45(37-19-11-33(12-20-37)29(2)47)43-8-6-5-7-41(43)42-27-40(25-26-44(42)45)50(38-21-13-34(14-22-38)30(3)48)39-23-15-35(16-24-39)31(4)49/h5-27H,1-4H3/q+1. The van der Waals surface area contributed by atoms with Gasteiger partial charge in [-0.15, -0.1) is 0 Å². The molecule has 244 valence electrons. The lowest BCUT2D eigenvalue weighted by molar-refractivity contribution is 0.100. The van der Waals surface area contributed by atoms with Crippen LogP contribution in [0.4, 0.5) is 0 Å². The summed E-state index contributed by atoms with van der Waals surface area (Å²) in [5, 5.41) is 0. The first-order chi connectivity index (χ1) is 24.1. The van der Waals surface area contributed by atoms with Crippen LogP contribution in [-0.4, -0.2) is 23.1 Å². The second-order valence-corrected chi connectivity index (χ2v) is 14.8. The average Bonchev–Trinajstić information content (AvgIpc) is 3.43. The molecule has 6 aromatic rings. The van der Waals surface area contributed by atoms with Crippen LogP contribution >= 0.6 is 0 Å². The van der Waals surface area contributed by atoms with E-state index in [9.17, 15) is 19.2 Å². The fraction of sp³-hybridized carbons (Fsp3) is 0.111. The minimum Gasteiger partial charge on any atom is -0.295 e. The Balaban J connectivity index is 1.48. The van der Waals surface area contributed by atoms with Crippen molar-refractivity contribution in [3.63, 3.8) is 0 Å². The zero-order valence-electron chi connectivity index (χ0n) is 28.3. The molecule has 4 nitrogen and oxygen atoms in total. The van der Waals surface area contributed by atoms with Crippen LogP contribution in [0.5, 0.6) is 0 Å². The molecule has 0 saturated heterocycles. The van der Waals surface area contributed by atoms with Crippen molar-refractivity contribution >= 4 is 34.0 Å². The Morgan fingerprint density at radius 1 is 0.400 bits per heavy atom. The van der Waals surface area contributed by atoms with Crippen molar-refractivity contribution in [2.24, 2.45) is 0 Å². The lowest BCUT2D eigenvalue weighted by Crippen LogP contribution is -2.28. The third kappa shape index (κ3) is 5.54. The maximum absolute atomic E-state index is 12.3. The van der Waals surface area contributed by atoms with E-state index in [1.807, 2.05) is 97.1 Å². The van der Waals surface area contributed by atoms with Gasteiger partial charge in [0, 0.05) is 28.3 Å². The van der Waals surface area contributed by atoms with Crippen molar-refractivity contribution in [2.45, 2.75) is 47.8 Å². The van der Waals surface area contributed by atoms with Crippen molar-refractivity contribution in [3.05, 3.63) is 184 Å². The van der Waals surface area contributed by atoms with Crippen molar-refractivity contribution in [2.75, 3.05) is 0 Å². The summed E-state index contributed by atoms with van der Waals surface area (Å²) >= 11 is 0. The Morgan fingerprint density at radius 2 is 0.760 bits per heavy atom. The summed E-state index contributed by atoms with van der Waals surface area (Å²) in [5.41, 5.74) is 8.38. The number of rotatable bonds is 9. The maximum atomic E-state index is 12.3. The van der Waals surface area contributed by atoms with Crippen LogP contribution in [0.2, 0.25) is 0 Å². The Labute approximate surface area is 295 Å². The van der Waals surface area contributed by atoms with E-state index in [-0.39, 0.29) is 23.1 Å². The third-order valence-electron chi connectivity index (χ3n) is 9.69. The molecule has 5 heteroatoms. The zero-order valence-corrected chi connectivity index (χ0v) is 29.1. The highest BCUT2D eigenvalue weighted by Gasteiger charge is 2.47. The van der Waals surface area contributed by atoms with Crippen LogP contribution in [0.1, 0.15) is 91.4 Å². The molecule has 0 radical (unpaired) electrons. The number of fused-ring (bicyclic) bond motifs is 3. The van der Waals surface area contributed by atoms with Crippen molar-refractivity contribution in [3.8, 4) is 11.1 Å². The van der Waals surface area contributed by atoms with Gasteiger partial charge < -0.3 is 0 Å². The number of Topliss-reactive ketones (excluding diaryl/α,β-unsaturated/α-hetero) is 4. The summed E-state index contributed by atoms with van der Waals surface area (Å²) < 4.78 is 0. The lowest BCUT2D eigenvalue weighted by Gasteiger charge is -2.34. The summed E-state index contributed by atoms with van der Waals surface area (Å²) in [4.78, 5) is 52.1. The van der Waals surface area contributed by atoms with Crippen LogP contribution in [-0.2, 0) is 16.3 Å².